The van der Waals surface area contributed by atoms with Crippen molar-refractivity contribution in [3.05, 3.63) is 57.5 Å². The highest BCUT2D eigenvalue weighted by Gasteiger charge is 2.17. The summed E-state index contributed by atoms with van der Waals surface area (Å²) in [7, 11) is 0. The number of fused-ring (bicyclic) bond motifs is 1. The lowest BCUT2D eigenvalue weighted by Gasteiger charge is -2.30. The summed E-state index contributed by atoms with van der Waals surface area (Å²) in [5.74, 6) is 0.961. The fourth-order valence-corrected chi connectivity index (χ4v) is 2.56. The van der Waals surface area contributed by atoms with Crippen molar-refractivity contribution >= 4 is 33.2 Å². The first-order chi connectivity index (χ1) is 8.72. The molecule has 3 rings (SSSR count). The van der Waals surface area contributed by atoms with Gasteiger partial charge in [0.1, 0.15) is 5.75 Å². The Morgan fingerprint density at radius 1 is 1.11 bits per heavy atom. The fraction of sp³-hybridized carbons (Fsp3) is 0.143. The van der Waals surface area contributed by atoms with Crippen molar-refractivity contribution in [3.8, 4) is 5.75 Å². The minimum atomic E-state index is 0.566. The minimum Gasteiger partial charge on any atom is -0.473 e. The average Bonchev–Trinajstić information content (AvgIpc) is 2.38. The summed E-state index contributed by atoms with van der Waals surface area (Å²) >= 11 is 9.38. The van der Waals surface area contributed by atoms with Crippen molar-refractivity contribution in [1.82, 2.24) is 0 Å². The number of rotatable bonds is 1. The van der Waals surface area contributed by atoms with Gasteiger partial charge in [-0.2, -0.15) is 0 Å². The first kappa shape index (κ1) is 11.9. The molecule has 0 radical (unpaired) electrons. The van der Waals surface area contributed by atoms with Crippen LogP contribution >= 0.6 is 27.5 Å². The zero-order chi connectivity index (χ0) is 12.5. The Morgan fingerprint density at radius 3 is 2.67 bits per heavy atom. The third kappa shape index (κ3) is 2.33. The highest BCUT2D eigenvalue weighted by atomic mass is 79.9. The monoisotopic (exact) mass is 323 g/mol. The van der Waals surface area contributed by atoms with E-state index in [1.807, 2.05) is 36.4 Å². The smallest absolute Gasteiger partial charge is 0.161 e. The van der Waals surface area contributed by atoms with Crippen LogP contribution in [0.1, 0.15) is 5.56 Å². The molecule has 0 unspecified atom stereocenters. The second-order valence-electron chi connectivity index (χ2n) is 4.20. The third-order valence-corrected chi connectivity index (χ3v) is 3.70. The van der Waals surface area contributed by atoms with E-state index in [2.05, 4.69) is 26.9 Å². The van der Waals surface area contributed by atoms with Crippen molar-refractivity contribution in [3.63, 3.8) is 0 Å². The van der Waals surface area contributed by atoms with E-state index in [0.717, 1.165) is 27.5 Å². The molecule has 0 bridgehead atoms. The van der Waals surface area contributed by atoms with Gasteiger partial charge in [-0.05, 0) is 42.5 Å². The highest BCUT2D eigenvalue weighted by Crippen LogP contribution is 2.30. The molecule has 0 N–H and O–H groups in total. The second kappa shape index (κ2) is 4.82. The van der Waals surface area contributed by atoms with Crippen molar-refractivity contribution in [2.75, 3.05) is 11.6 Å². The van der Waals surface area contributed by atoms with Gasteiger partial charge in [-0.25, -0.2) is 0 Å². The molecule has 18 heavy (non-hydrogen) atoms. The van der Waals surface area contributed by atoms with Gasteiger partial charge in [-0.3, -0.25) is 0 Å². The average molecular weight is 325 g/mol. The maximum absolute atomic E-state index is 5.90. The van der Waals surface area contributed by atoms with Crippen LogP contribution in [-0.4, -0.2) is 6.73 Å². The second-order valence-corrected chi connectivity index (χ2v) is 5.55. The Hall–Kier alpha value is -1.19. The Balaban J connectivity index is 1.88. The number of benzene rings is 2. The Morgan fingerprint density at radius 2 is 1.89 bits per heavy atom. The molecular weight excluding hydrogens is 314 g/mol. The normalized spacial score (nSPS) is 14.0. The molecule has 0 aliphatic carbocycles. The van der Waals surface area contributed by atoms with Gasteiger partial charge in [0.05, 0.1) is 0 Å². The van der Waals surface area contributed by atoms with Crippen LogP contribution in [0.15, 0.2) is 46.9 Å². The van der Waals surface area contributed by atoms with Crippen LogP contribution in [0.5, 0.6) is 5.75 Å². The molecule has 0 saturated heterocycles. The SMILES string of the molecule is Clc1ccc(N2COc3ccc(Br)cc3C2)cc1. The number of anilines is 1. The number of hydrogen-bond acceptors (Lipinski definition) is 2. The van der Waals surface area contributed by atoms with E-state index < -0.39 is 0 Å². The van der Waals surface area contributed by atoms with E-state index in [1.54, 1.807) is 0 Å². The van der Waals surface area contributed by atoms with Gasteiger partial charge in [0.2, 0.25) is 0 Å². The van der Waals surface area contributed by atoms with Gasteiger partial charge < -0.3 is 9.64 Å². The maximum Gasteiger partial charge on any atom is 0.161 e. The van der Waals surface area contributed by atoms with Crippen LogP contribution in [0.3, 0.4) is 0 Å². The molecule has 0 saturated carbocycles. The summed E-state index contributed by atoms with van der Waals surface area (Å²) in [6, 6.07) is 13.9. The molecule has 0 fully saturated rings. The third-order valence-electron chi connectivity index (χ3n) is 2.95. The standard InChI is InChI=1S/C14H11BrClNO/c15-11-1-6-14-10(7-11)8-17(9-18-14)13-4-2-12(16)3-5-13/h1-7H,8-9H2. The summed E-state index contributed by atoms with van der Waals surface area (Å²) < 4.78 is 6.82. The number of nitrogens with zero attached hydrogens (tertiary/aromatic N) is 1. The van der Waals surface area contributed by atoms with E-state index >= 15 is 0 Å². The lowest BCUT2D eigenvalue weighted by molar-refractivity contribution is 0.289. The van der Waals surface area contributed by atoms with Gasteiger partial charge >= 0.3 is 0 Å². The van der Waals surface area contributed by atoms with Crippen LogP contribution < -0.4 is 9.64 Å². The number of hydrogen-bond donors (Lipinski definition) is 0. The maximum atomic E-state index is 5.90. The minimum absolute atomic E-state index is 0.566. The molecule has 0 spiro atoms. The topological polar surface area (TPSA) is 12.5 Å². The largest absolute Gasteiger partial charge is 0.473 e. The predicted molar refractivity (Wildman–Crippen MR) is 77.3 cm³/mol. The van der Waals surface area contributed by atoms with Crippen molar-refractivity contribution < 1.29 is 4.74 Å². The summed E-state index contributed by atoms with van der Waals surface area (Å²) in [6.45, 7) is 1.41. The molecule has 1 heterocycles. The van der Waals surface area contributed by atoms with Crippen molar-refractivity contribution in [2.24, 2.45) is 0 Å². The molecule has 2 aromatic carbocycles. The van der Waals surface area contributed by atoms with Crippen molar-refractivity contribution in [2.45, 2.75) is 6.54 Å². The fourth-order valence-electron chi connectivity index (χ4n) is 2.03. The summed E-state index contributed by atoms with van der Waals surface area (Å²) in [5.41, 5.74) is 2.30. The van der Waals surface area contributed by atoms with Crippen molar-refractivity contribution in [1.29, 1.82) is 0 Å². The van der Waals surface area contributed by atoms with Gasteiger partial charge in [0.15, 0.2) is 6.73 Å². The number of ether oxygens (including phenoxy) is 1. The lowest BCUT2D eigenvalue weighted by Crippen LogP contribution is -2.31. The molecule has 2 nitrogen and oxygen atoms in total. The van der Waals surface area contributed by atoms with Crippen LogP contribution in [-0.2, 0) is 6.54 Å². The van der Waals surface area contributed by atoms with E-state index in [4.69, 9.17) is 16.3 Å². The Bertz CT molecular complexity index is 571. The molecule has 0 amide bonds. The molecule has 2 aromatic rings. The Labute approximate surface area is 119 Å². The molecule has 92 valence electrons. The van der Waals surface area contributed by atoms with Gasteiger partial charge in [-0.1, -0.05) is 27.5 Å². The Kier molecular flexibility index (Phi) is 3.18. The zero-order valence-electron chi connectivity index (χ0n) is 9.57. The molecule has 1 aliphatic heterocycles. The van der Waals surface area contributed by atoms with Gasteiger partial charge in [0, 0.05) is 27.3 Å². The van der Waals surface area contributed by atoms with E-state index in [9.17, 15) is 0 Å². The van der Waals surface area contributed by atoms with Crippen LogP contribution in [0, 0.1) is 0 Å². The van der Waals surface area contributed by atoms with Gasteiger partial charge in [0.25, 0.3) is 0 Å². The number of halogens is 2. The van der Waals surface area contributed by atoms with Crippen LogP contribution in [0.4, 0.5) is 5.69 Å². The first-order valence-corrected chi connectivity index (χ1v) is 6.81. The predicted octanol–water partition coefficient (Wildman–Crippen LogP) is 4.46. The lowest BCUT2D eigenvalue weighted by atomic mass is 10.1. The summed E-state index contributed by atoms with van der Waals surface area (Å²) in [5, 5.41) is 0.750. The van der Waals surface area contributed by atoms with Crippen LogP contribution in [0.2, 0.25) is 5.02 Å². The van der Waals surface area contributed by atoms with E-state index in [1.165, 1.54) is 5.56 Å². The molecule has 0 aromatic heterocycles. The molecule has 1 aliphatic rings. The molecule has 4 heteroatoms. The zero-order valence-corrected chi connectivity index (χ0v) is 11.9. The van der Waals surface area contributed by atoms with Crippen LogP contribution in [0.25, 0.3) is 0 Å². The van der Waals surface area contributed by atoms with E-state index in [0.29, 0.717) is 6.73 Å². The quantitative estimate of drug-likeness (QED) is 0.768. The van der Waals surface area contributed by atoms with E-state index in [-0.39, 0.29) is 0 Å². The van der Waals surface area contributed by atoms with Gasteiger partial charge in [-0.15, -0.1) is 0 Å². The highest BCUT2D eigenvalue weighted by molar-refractivity contribution is 9.10. The summed E-state index contributed by atoms with van der Waals surface area (Å²) in [6.07, 6.45) is 0. The summed E-state index contributed by atoms with van der Waals surface area (Å²) in [4.78, 5) is 2.17. The first-order valence-electron chi connectivity index (χ1n) is 5.64. The molecular formula is C14H11BrClNO. The molecule has 0 atom stereocenters.